The van der Waals surface area contributed by atoms with E-state index in [1.807, 2.05) is 24.3 Å². The summed E-state index contributed by atoms with van der Waals surface area (Å²) >= 11 is 0. The first-order chi connectivity index (χ1) is 15.4. The number of aromatic nitrogens is 2. The molecule has 0 aliphatic heterocycles. The van der Waals surface area contributed by atoms with E-state index in [0.29, 0.717) is 18.5 Å². The van der Waals surface area contributed by atoms with Gasteiger partial charge in [0, 0.05) is 30.4 Å². The Kier molecular flexibility index (Phi) is 6.20. The van der Waals surface area contributed by atoms with Crippen LogP contribution in [0.5, 0.6) is 0 Å². The van der Waals surface area contributed by atoms with E-state index in [1.165, 1.54) is 0 Å². The monoisotopic (exact) mass is 439 g/mol. The molecule has 1 aromatic heterocycles. The molecule has 1 aliphatic carbocycles. The number of alkyl carbamates (subject to hydrolysis) is 1. The molecule has 0 unspecified atom stereocenters. The molecular formula is C24H20F3N3O2. The van der Waals surface area contributed by atoms with Gasteiger partial charge in [-0.3, -0.25) is 0 Å². The van der Waals surface area contributed by atoms with Gasteiger partial charge in [0.1, 0.15) is 6.61 Å². The van der Waals surface area contributed by atoms with E-state index >= 15 is 0 Å². The van der Waals surface area contributed by atoms with E-state index in [1.54, 1.807) is 12.2 Å². The summed E-state index contributed by atoms with van der Waals surface area (Å²) < 4.78 is 42.8. The Bertz CT molecular complexity index is 1080. The van der Waals surface area contributed by atoms with E-state index in [0.717, 1.165) is 34.6 Å². The predicted molar refractivity (Wildman–Crippen MR) is 114 cm³/mol. The minimum Gasteiger partial charge on any atom is -0.449 e. The van der Waals surface area contributed by atoms with Crippen LogP contribution in [-0.2, 0) is 10.9 Å². The molecule has 164 valence electrons. The van der Waals surface area contributed by atoms with Gasteiger partial charge in [0.2, 0.25) is 5.82 Å². The Morgan fingerprint density at radius 3 is 2.19 bits per heavy atom. The molecule has 1 amide bonds. The van der Waals surface area contributed by atoms with Gasteiger partial charge >= 0.3 is 12.3 Å². The minimum atomic E-state index is -4.56. The predicted octanol–water partition coefficient (Wildman–Crippen LogP) is 5.44. The van der Waals surface area contributed by atoms with E-state index in [-0.39, 0.29) is 12.5 Å². The first kappa shape index (κ1) is 21.5. The highest BCUT2D eigenvalue weighted by molar-refractivity contribution is 5.79. The standard InChI is InChI=1S/C24H20F3N3O2/c25-24(26,27)22-29-13-16(14-30-22)7-5-6-12-28-23(31)32-15-21-19-10-3-1-8-17(19)18-9-2-4-11-20(18)21/h1-5,7-11,13-14,21H,6,12,15H2,(H,28,31). The van der Waals surface area contributed by atoms with E-state index < -0.39 is 18.1 Å². The van der Waals surface area contributed by atoms with Gasteiger partial charge in [-0.1, -0.05) is 60.7 Å². The second kappa shape index (κ2) is 9.21. The van der Waals surface area contributed by atoms with Crippen LogP contribution in [-0.4, -0.2) is 29.2 Å². The fraction of sp³-hybridized carbons (Fsp3) is 0.208. The molecule has 32 heavy (non-hydrogen) atoms. The Morgan fingerprint density at radius 2 is 1.59 bits per heavy atom. The SMILES string of the molecule is O=C(NCCC=Cc1cnc(C(F)(F)F)nc1)OCC1c2ccccc2-c2ccccc21. The molecule has 1 aliphatic rings. The van der Waals surface area contributed by atoms with Crippen LogP contribution >= 0.6 is 0 Å². The van der Waals surface area contributed by atoms with Gasteiger partial charge in [-0.25, -0.2) is 14.8 Å². The van der Waals surface area contributed by atoms with Crippen molar-refractivity contribution in [1.29, 1.82) is 0 Å². The highest BCUT2D eigenvalue weighted by atomic mass is 19.4. The number of ether oxygens (including phenoxy) is 1. The zero-order valence-corrected chi connectivity index (χ0v) is 17.0. The lowest BCUT2D eigenvalue weighted by molar-refractivity contribution is -0.145. The highest BCUT2D eigenvalue weighted by Crippen LogP contribution is 2.44. The first-order valence-corrected chi connectivity index (χ1v) is 10.1. The molecule has 1 N–H and O–H groups in total. The lowest BCUT2D eigenvalue weighted by Crippen LogP contribution is -2.26. The number of rotatable bonds is 6. The van der Waals surface area contributed by atoms with Gasteiger partial charge in [-0.15, -0.1) is 0 Å². The molecule has 0 fully saturated rings. The third kappa shape index (κ3) is 4.80. The summed E-state index contributed by atoms with van der Waals surface area (Å²) in [5.41, 5.74) is 5.05. The molecule has 0 spiro atoms. The van der Waals surface area contributed by atoms with Crippen LogP contribution in [0.25, 0.3) is 17.2 Å². The molecular weight excluding hydrogens is 419 g/mol. The smallest absolute Gasteiger partial charge is 0.449 e. The second-order valence-electron chi connectivity index (χ2n) is 7.28. The van der Waals surface area contributed by atoms with E-state index in [4.69, 9.17) is 4.74 Å². The number of fused-ring (bicyclic) bond motifs is 3. The largest absolute Gasteiger partial charge is 0.451 e. The van der Waals surface area contributed by atoms with Crippen molar-refractivity contribution >= 4 is 12.2 Å². The molecule has 2 aromatic carbocycles. The van der Waals surface area contributed by atoms with Crippen LogP contribution in [0.2, 0.25) is 0 Å². The summed E-state index contributed by atoms with van der Waals surface area (Å²) in [7, 11) is 0. The third-order valence-electron chi connectivity index (χ3n) is 5.16. The summed E-state index contributed by atoms with van der Waals surface area (Å²) in [6.07, 6.45) is 0.921. The third-order valence-corrected chi connectivity index (χ3v) is 5.16. The summed E-state index contributed by atoms with van der Waals surface area (Å²) in [5.74, 6) is -1.18. The highest BCUT2D eigenvalue weighted by Gasteiger charge is 2.34. The van der Waals surface area contributed by atoms with E-state index in [2.05, 4.69) is 39.6 Å². The van der Waals surface area contributed by atoms with Gasteiger partial charge in [0.15, 0.2) is 0 Å². The molecule has 0 saturated carbocycles. The average molecular weight is 439 g/mol. The lowest BCUT2D eigenvalue weighted by Gasteiger charge is -2.14. The van der Waals surface area contributed by atoms with Crippen LogP contribution in [0.4, 0.5) is 18.0 Å². The molecule has 0 radical (unpaired) electrons. The number of carbonyl (C=O) groups excluding carboxylic acids is 1. The van der Waals surface area contributed by atoms with Crippen molar-refractivity contribution in [1.82, 2.24) is 15.3 Å². The fourth-order valence-corrected chi connectivity index (χ4v) is 3.70. The zero-order valence-electron chi connectivity index (χ0n) is 17.0. The first-order valence-electron chi connectivity index (χ1n) is 10.1. The van der Waals surface area contributed by atoms with Crippen molar-refractivity contribution in [3.05, 3.63) is 89.5 Å². The number of carbonyl (C=O) groups is 1. The van der Waals surface area contributed by atoms with Gasteiger partial charge in [-0.05, 0) is 28.7 Å². The maximum atomic E-state index is 12.5. The summed E-state index contributed by atoms with van der Waals surface area (Å²) in [4.78, 5) is 18.7. The maximum Gasteiger partial charge on any atom is 0.451 e. The lowest BCUT2D eigenvalue weighted by atomic mass is 9.98. The number of benzene rings is 2. The van der Waals surface area contributed by atoms with Crippen molar-refractivity contribution < 1.29 is 22.7 Å². The number of nitrogens with zero attached hydrogens (tertiary/aromatic N) is 2. The molecule has 0 atom stereocenters. The van der Waals surface area contributed by atoms with Crippen molar-refractivity contribution in [2.75, 3.05) is 13.2 Å². The van der Waals surface area contributed by atoms with Crippen LogP contribution in [0.3, 0.4) is 0 Å². The Hall–Kier alpha value is -3.68. The number of hydrogen-bond donors (Lipinski definition) is 1. The Balaban J connectivity index is 1.24. The number of nitrogens with one attached hydrogen (secondary N) is 1. The molecule has 3 aromatic rings. The topological polar surface area (TPSA) is 64.1 Å². The Morgan fingerprint density at radius 1 is 1.00 bits per heavy atom. The second-order valence-corrected chi connectivity index (χ2v) is 7.28. The van der Waals surface area contributed by atoms with Crippen LogP contribution in [0.1, 0.15) is 34.9 Å². The minimum absolute atomic E-state index is 0.00674. The molecule has 1 heterocycles. The quantitative estimate of drug-likeness (QED) is 0.520. The fourth-order valence-electron chi connectivity index (χ4n) is 3.70. The van der Waals surface area contributed by atoms with Gasteiger partial charge in [0.25, 0.3) is 0 Å². The van der Waals surface area contributed by atoms with Crippen LogP contribution in [0.15, 0.2) is 67.0 Å². The molecule has 5 nitrogen and oxygen atoms in total. The number of amides is 1. The average Bonchev–Trinajstić information content (AvgIpc) is 3.11. The Labute approximate surface area is 183 Å². The van der Waals surface area contributed by atoms with Crippen LogP contribution < -0.4 is 5.32 Å². The number of alkyl halides is 3. The van der Waals surface area contributed by atoms with Gasteiger partial charge in [0.05, 0.1) is 0 Å². The zero-order chi connectivity index (χ0) is 22.6. The van der Waals surface area contributed by atoms with Gasteiger partial charge < -0.3 is 10.1 Å². The maximum absolute atomic E-state index is 12.5. The van der Waals surface area contributed by atoms with E-state index in [9.17, 15) is 18.0 Å². The van der Waals surface area contributed by atoms with Crippen molar-refractivity contribution in [3.8, 4) is 11.1 Å². The molecule has 8 heteroatoms. The van der Waals surface area contributed by atoms with Crippen molar-refractivity contribution in [2.24, 2.45) is 0 Å². The van der Waals surface area contributed by atoms with Crippen molar-refractivity contribution in [2.45, 2.75) is 18.5 Å². The van der Waals surface area contributed by atoms with Gasteiger partial charge in [-0.2, -0.15) is 13.2 Å². The van der Waals surface area contributed by atoms with Crippen molar-refractivity contribution in [3.63, 3.8) is 0 Å². The number of halogens is 3. The normalized spacial score (nSPS) is 13.1. The molecule has 0 bridgehead atoms. The molecule has 4 rings (SSSR count). The summed E-state index contributed by atoms with van der Waals surface area (Å²) in [6.45, 7) is 0.563. The summed E-state index contributed by atoms with van der Waals surface area (Å²) in [5, 5.41) is 2.68. The summed E-state index contributed by atoms with van der Waals surface area (Å²) in [6, 6.07) is 16.2. The van der Waals surface area contributed by atoms with Crippen LogP contribution in [0, 0.1) is 0 Å². The number of hydrogen-bond acceptors (Lipinski definition) is 4. The molecule has 0 saturated heterocycles.